The quantitative estimate of drug-likeness (QED) is 0.916. The molecule has 1 saturated carbocycles. The lowest BCUT2D eigenvalue weighted by Crippen LogP contribution is -2.16. The van der Waals surface area contributed by atoms with Crippen LogP contribution in [0.4, 0.5) is 0 Å². The molecule has 0 spiro atoms. The molecule has 104 valence electrons. The van der Waals surface area contributed by atoms with E-state index in [9.17, 15) is 5.26 Å². The molecule has 0 aromatic carbocycles. The van der Waals surface area contributed by atoms with Gasteiger partial charge in [0.05, 0.1) is 0 Å². The number of hydrogen-bond acceptors (Lipinski definition) is 5. The standard InChI is InChI=1S/C15H14N6/c1-10-4-11(7-18-12-2-3-12)8-19-15(10)21-9-20-13(5-16)14(21)6-17/h4,8-9,12,18H,2-3,7H2,1H3. The molecule has 0 unspecified atom stereocenters. The van der Waals surface area contributed by atoms with Gasteiger partial charge in [-0.2, -0.15) is 10.5 Å². The lowest BCUT2D eigenvalue weighted by atomic mass is 10.2. The summed E-state index contributed by atoms with van der Waals surface area (Å²) in [5, 5.41) is 21.6. The predicted molar refractivity (Wildman–Crippen MR) is 75.4 cm³/mol. The Morgan fingerprint density at radius 3 is 2.76 bits per heavy atom. The van der Waals surface area contributed by atoms with E-state index in [4.69, 9.17) is 5.26 Å². The van der Waals surface area contributed by atoms with Gasteiger partial charge in [0.25, 0.3) is 0 Å². The highest BCUT2D eigenvalue weighted by Gasteiger charge is 2.20. The molecule has 1 fully saturated rings. The molecule has 2 aromatic heterocycles. The maximum absolute atomic E-state index is 9.18. The first-order valence-corrected chi connectivity index (χ1v) is 6.79. The maximum Gasteiger partial charge on any atom is 0.177 e. The maximum atomic E-state index is 9.18. The third kappa shape index (κ3) is 2.62. The van der Waals surface area contributed by atoms with Gasteiger partial charge in [-0.25, -0.2) is 9.97 Å². The number of hydrogen-bond donors (Lipinski definition) is 1. The molecule has 0 atom stereocenters. The van der Waals surface area contributed by atoms with E-state index in [-0.39, 0.29) is 11.4 Å². The minimum atomic E-state index is 0.123. The van der Waals surface area contributed by atoms with E-state index >= 15 is 0 Å². The van der Waals surface area contributed by atoms with Crippen molar-refractivity contribution < 1.29 is 0 Å². The zero-order valence-electron chi connectivity index (χ0n) is 11.7. The summed E-state index contributed by atoms with van der Waals surface area (Å²) < 4.78 is 1.56. The molecular formula is C15H14N6. The fraction of sp³-hybridized carbons (Fsp3) is 0.333. The summed E-state index contributed by atoms with van der Waals surface area (Å²) in [7, 11) is 0. The SMILES string of the molecule is Cc1cc(CNC2CC2)cnc1-n1cnc(C#N)c1C#N. The van der Waals surface area contributed by atoms with Crippen molar-refractivity contribution in [3.05, 3.63) is 41.1 Å². The highest BCUT2D eigenvalue weighted by molar-refractivity contribution is 5.44. The van der Waals surface area contributed by atoms with Crippen molar-refractivity contribution >= 4 is 0 Å². The molecule has 6 nitrogen and oxygen atoms in total. The van der Waals surface area contributed by atoms with Gasteiger partial charge >= 0.3 is 0 Å². The van der Waals surface area contributed by atoms with Crippen molar-refractivity contribution in [2.45, 2.75) is 32.4 Å². The molecule has 0 amide bonds. The largest absolute Gasteiger partial charge is 0.310 e. The molecule has 1 aliphatic carbocycles. The van der Waals surface area contributed by atoms with Crippen molar-refractivity contribution in [1.82, 2.24) is 19.9 Å². The van der Waals surface area contributed by atoms with Crippen LogP contribution in [0.15, 0.2) is 18.6 Å². The summed E-state index contributed by atoms with van der Waals surface area (Å²) in [5.74, 6) is 0.635. The molecular weight excluding hydrogens is 264 g/mol. The predicted octanol–water partition coefficient (Wildman–Crippen LogP) is 1.57. The third-order valence-corrected chi connectivity index (χ3v) is 3.49. The summed E-state index contributed by atoms with van der Waals surface area (Å²) >= 11 is 0. The molecule has 2 heterocycles. The van der Waals surface area contributed by atoms with Crippen molar-refractivity contribution in [3.8, 4) is 18.0 Å². The van der Waals surface area contributed by atoms with E-state index in [1.54, 1.807) is 10.8 Å². The second kappa shape index (κ2) is 5.35. The topological polar surface area (TPSA) is 90.3 Å². The Morgan fingerprint density at radius 1 is 1.33 bits per heavy atom. The average Bonchev–Trinajstić information content (AvgIpc) is 3.23. The highest BCUT2D eigenvalue weighted by atomic mass is 15.1. The van der Waals surface area contributed by atoms with Crippen LogP contribution in [0.2, 0.25) is 0 Å². The highest BCUT2D eigenvalue weighted by Crippen LogP contribution is 2.20. The van der Waals surface area contributed by atoms with Gasteiger partial charge in [0, 0.05) is 18.8 Å². The van der Waals surface area contributed by atoms with Gasteiger partial charge in [-0.1, -0.05) is 0 Å². The van der Waals surface area contributed by atoms with E-state index in [0.717, 1.165) is 17.7 Å². The lowest BCUT2D eigenvalue weighted by molar-refractivity contribution is 0.685. The Bertz CT molecular complexity index is 757. The Hall–Kier alpha value is -2.70. The number of aromatic nitrogens is 3. The molecule has 1 aliphatic rings. The Kier molecular flexibility index (Phi) is 3.39. The van der Waals surface area contributed by atoms with E-state index < -0.39 is 0 Å². The first-order valence-electron chi connectivity index (χ1n) is 6.79. The summed E-state index contributed by atoms with van der Waals surface area (Å²) in [6.07, 6.45) is 5.77. The van der Waals surface area contributed by atoms with Gasteiger partial charge in [-0.05, 0) is 37.0 Å². The van der Waals surface area contributed by atoms with Crippen molar-refractivity contribution in [2.24, 2.45) is 0 Å². The van der Waals surface area contributed by atoms with Crippen LogP contribution in [0.3, 0.4) is 0 Å². The third-order valence-electron chi connectivity index (χ3n) is 3.49. The van der Waals surface area contributed by atoms with Gasteiger partial charge in [0.1, 0.15) is 24.3 Å². The van der Waals surface area contributed by atoms with Gasteiger partial charge < -0.3 is 5.32 Å². The summed E-state index contributed by atoms with van der Waals surface area (Å²) in [5.41, 5.74) is 2.40. The second-order valence-corrected chi connectivity index (χ2v) is 5.17. The molecule has 2 aromatic rings. The van der Waals surface area contributed by atoms with Gasteiger partial charge in [-0.3, -0.25) is 4.57 Å². The second-order valence-electron chi connectivity index (χ2n) is 5.17. The van der Waals surface area contributed by atoms with Crippen LogP contribution >= 0.6 is 0 Å². The fourth-order valence-corrected chi connectivity index (χ4v) is 2.22. The summed E-state index contributed by atoms with van der Waals surface area (Å²) in [6, 6.07) is 6.63. The Balaban J connectivity index is 1.90. The smallest absolute Gasteiger partial charge is 0.177 e. The van der Waals surface area contributed by atoms with Crippen molar-refractivity contribution in [2.75, 3.05) is 0 Å². The van der Waals surface area contributed by atoms with Crippen LogP contribution < -0.4 is 5.32 Å². The number of aryl methyl sites for hydroxylation is 1. The summed E-state index contributed by atoms with van der Waals surface area (Å²) in [6.45, 7) is 2.74. The van der Waals surface area contributed by atoms with Crippen LogP contribution in [0.25, 0.3) is 5.82 Å². The number of nitrogens with one attached hydrogen (secondary N) is 1. The minimum Gasteiger partial charge on any atom is -0.310 e. The van der Waals surface area contributed by atoms with Crippen LogP contribution in [-0.4, -0.2) is 20.6 Å². The number of pyridine rings is 1. The molecule has 3 rings (SSSR count). The monoisotopic (exact) mass is 278 g/mol. The van der Waals surface area contributed by atoms with Crippen molar-refractivity contribution in [3.63, 3.8) is 0 Å². The normalized spacial score (nSPS) is 13.7. The van der Waals surface area contributed by atoms with Gasteiger partial charge in [-0.15, -0.1) is 0 Å². The first kappa shape index (κ1) is 13.3. The zero-order valence-corrected chi connectivity index (χ0v) is 11.7. The average molecular weight is 278 g/mol. The van der Waals surface area contributed by atoms with E-state index in [2.05, 4.69) is 15.3 Å². The van der Waals surface area contributed by atoms with E-state index in [1.807, 2.05) is 25.1 Å². The molecule has 21 heavy (non-hydrogen) atoms. The molecule has 0 aliphatic heterocycles. The molecule has 0 saturated heterocycles. The molecule has 6 heteroatoms. The zero-order chi connectivity index (χ0) is 14.8. The Morgan fingerprint density at radius 2 is 2.14 bits per heavy atom. The number of nitriles is 2. The van der Waals surface area contributed by atoms with Gasteiger partial charge in [0.15, 0.2) is 11.4 Å². The van der Waals surface area contributed by atoms with E-state index in [0.29, 0.717) is 11.9 Å². The minimum absolute atomic E-state index is 0.123. The fourth-order valence-electron chi connectivity index (χ4n) is 2.22. The lowest BCUT2D eigenvalue weighted by Gasteiger charge is -2.09. The number of nitrogens with zero attached hydrogens (tertiary/aromatic N) is 5. The Labute approximate surface area is 122 Å². The van der Waals surface area contributed by atoms with Crippen molar-refractivity contribution in [1.29, 1.82) is 10.5 Å². The molecule has 1 N–H and O–H groups in total. The van der Waals surface area contributed by atoms with Crippen LogP contribution in [0.1, 0.15) is 35.4 Å². The van der Waals surface area contributed by atoms with Crippen LogP contribution in [0, 0.1) is 29.6 Å². The van der Waals surface area contributed by atoms with Gasteiger partial charge in [0.2, 0.25) is 0 Å². The van der Waals surface area contributed by atoms with Crippen LogP contribution in [-0.2, 0) is 6.54 Å². The molecule has 0 radical (unpaired) electrons. The first-order chi connectivity index (χ1) is 10.2. The number of imidazole rings is 1. The summed E-state index contributed by atoms with van der Waals surface area (Å²) in [4.78, 5) is 8.37. The molecule has 0 bridgehead atoms. The number of rotatable bonds is 4. The van der Waals surface area contributed by atoms with E-state index in [1.165, 1.54) is 19.2 Å². The van der Waals surface area contributed by atoms with Crippen LogP contribution in [0.5, 0.6) is 0 Å².